The SMILES string of the molecule is CC(C)OCCNC1=NCC(C2CC2)S1. The minimum absolute atomic E-state index is 0.323. The van der Waals surface area contributed by atoms with Crippen molar-refractivity contribution in [2.24, 2.45) is 10.9 Å². The van der Waals surface area contributed by atoms with Gasteiger partial charge in [-0.1, -0.05) is 11.8 Å². The first kappa shape index (κ1) is 11.3. The highest BCUT2D eigenvalue weighted by Gasteiger charge is 2.35. The number of thioether (sulfide) groups is 1. The van der Waals surface area contributed by atoms with Crippen molar-refractivity contribution in [3.05, 3.63) is 0 Å². The lowest BCUT2D eigenvalue weighted by atomic mass is 10.3. The summed E-state index contributed by atoms with van der Waals surface area (Å²) in [6.07, 6.45) is 3.15. The number of amidine groups is 1. The van der Waals surface area contributed by atoms with Crippen LogP contribution in [0.1, 0.15) is 26.7 Å². The Morgan fingerprint density at radius 2 is 2.33 bits per heavy atom. The first-order chi connectivity index (χ1) is 7.25. The van der Waals surface area contributed by atoms with Gasteiger partial charge >= 0.3 is 0 Å². The summed E-state index contributed by atoms with van der Waals surface area (Å²) >= 11 is 1.92. The maximum atomic E-state index is 5.46. The van der Waals surface area contributed by atoms with Crippen LogP contribution in [-0.2, 0) is 4.74 Å². The molecular formula is C11H20N2OS. The maximum absolute atomic E-state index is 5.46. The van der Waals surface area contributed by atoms with Gasteiger partial charge in [0.15, 0.2) is 5.17 Å². The van der Waals surface area contributed by atoms with Gasteiger partial charge in [-0.2, -0.15) is 0 Å². The molecule has 1 aliphatic heterocycles. The second-order valence-electron chi connectivity index (χ2n) is 4.49. The number of aliphatic imine (C=N–C) groups is 1. The van der Waals surface area contributed by atoms with Crippen LogP contribution in [0.4, 0.5) is 0 Å². The molecule has 1 unspecified atom stereocenters. The first-order valence-corrected chi connectivity index (χ1v) is 6.70. The highest BCUT2D eigenvalue weighted by Crippen LogP contribution is 2.41. The number of ether oxygens (including phenoxy) is 1. The van der Waals surface area contributed by atoms with Crippen LogP contribution in [0.5, 0.6) is 0 Å². The van der Waals surface area contributed by atoms with Crippen LogP contribution in [0.25, 0.3) is 0 Å². The first-order valence-electron chi connectivity index (χ1n) is 5.82. The lowest BCUT2D eigenvalue weighted by Crippen LogP contribution is -2.25. The van der Waals surface area contributed by atoms with E-state index in [2.05, 4.69) is 24.2 Å². The van der Waals surface area contributed by atoms with Crippen LogP contribution in [0.2, 0.25) is 0 Å². The molecule has 15 heavy (non-hydrogen) atoms. The van der Waals surface area contributed by atoms with E-state index in [0.29, 0.717) is 6.10 Å². The van der Waals surface area contributed by atoms with E-state index in [4.69, 9.17) is 4.74 Å². The van der Waals surface area contributed by atoms with E-state index >= 15 is 0 Å². The van der Waals surface area contributed by atoms with Crippen LogP contribution in [0.3, 0.4) is 0 Å². The van der Waals surface area contributed by atoms with Gasteiger partial charge in [-0.25, -0.2) is 0 Å². The van der Waals surface area contributed by atoms with Gasteiger partial charge < -0.3 is 10.1 Å². The number of nitrogens with one attached hydrogen (secondary N) is 1. The van der Waals surface area contributed by atoms with Crippen LogP contribution in [-0.4, -0.2) is 36.2 Å². The second kappa shape index (κ2) is 5.21. The van der Waals surface area contributed by atoms with E-state index in [1.54, 1.807) is 0 Å². The molecule has 2 rings (SSSR count). The number of hydrogen-bond donors (Lipinski definition) is 1. The molecule has 0 spiro atoms. The summed E-state index contributed by atoms with van der Waals surface area (Å²) < 4.78 is 5.46. The molecule has 1 heterocycles. The molecule has 0 amide bonds. The van der Waals surface area contributed by atoms with Gasteiger partial charge in [0.1, 0.15) is 0 Å². The minimum Gasteiger partial charge on any atom is -0.377 e. The summed E-state index contributed by atoms with van der Waals surface area (Å²) in [7, 11) is 0. The topological polar surface area (TPSA) is 33.6 Å². The van der Waals surface area contributed by atoms with Gasteiger partial charge in [0.2, 0.25) is 0 Å². The van der Waals surface area contributed by atoms with Gasteiger partial charge in [-0.15, -0.1) is 0 Å². The zero-order valence-electron chi connectivity index (χ0n) is 9.53. The molecule has 0 radical (unpaired) electrons. The Kier molecular flexibility index (Phi) is 3.92. The van der Waals surface area contributed by atoms with Gasteiger partial charge in [-0.3, -0.25) is 4.99 Å². The van der Waals surface area contributed by atoms with E-state index in [0.717, 1.165) is 36.0 Å². The predicted octanol–water partition coefficient (Wildman–Crippen LogP) is 1.88. The fourth-order valence-electron chi connectivity index (χ4n) is 1.65. The Balaban J connectivity index is 1.56. The largest absolute Gasteiger partial charge is 0.377 e. The highest BCUT2D eigenvalue weighted by molar-refractivity contribution is 8.14. The molecule has 0 aromatic rings. The molecule has 0 bridgehead atoms. The molecule has 4 heteroatoms. The average Bonchev–Trinajstić information content (AvgIpc) is 2.94. The molecule has 0 saturated heterocycles. The third kappa shape index (κ3) is 3.68. The number of nitrogens with zero attached hydrogens (tertiary/aromatic N) is 1. The smallest absolute Gasteiger partial charge is 0.157 e. The summed E-state index contributed by atoms with van der Waals surface area (Å²) in [4.78, 5) is 4.51. The second-order valence-corrected chi connectivity index (χ2v) is 5.71. The molecule has 1 N–H and O–H groups in total. The molecule has 1 saturated carbocycles. The summed E-state index contributed by atoms with van der Waals surface area (Å²) in [5.41, 5.74) is 0. The van der Waals surface area contributed by atoms with Crippen molar-refractivity contribution in [1.29, 1.82) is 0 Å². The van der Waals surface area contributed by atoms with Crippen molar-refractivity contribution in [1.82, 2.24) is 5.32 Å². The van der Waals surface area contributed by atoms with Gasteiger partial charge in [0, 0.05) is 11.8 Å². The minimum atomic E-state index is 0.323. The fourth-order valence-corrected chi connectivity index (χ4v) is 2.89. The van der Waals surface area contributed by atoms with Crippen molar-refractivity contribution < 1.29 is 4.74 Å². The fraction of sp³-hybridized carbons (Fsp3) is 0.909. The average molecular weight is 228 g/mol. The van der Waals surface area contributed by atoms with E-state index < -0.39 is 0 Å². The molecule has 1 aliphatic carbocycles. The highest BCUT2D eigenvalue weighted by atomic mass is 32.2. The Hall–Kier alpha value is -0.220. The normalized spacial score (nSPS) is 25.8. The zero-order chi connectivity index (χ0) is 10.7. The quantitative estimate of drug-likeness (QED) is 0.730. The van der Waals surface area contributed by atoms with E-state index in [9.17, 15) is 0 Å². The van der Waals surface area contributed by atoms with Crippen molar-refractivity contribution >= 4 is 16.9 Å². The Labute approximate surface area is 96.1 Å². The summed E-state index contributed by atoms with van der Waals surface area (Å²) in [5.74, 6) is 0.949. The lowest BCUT2D eigenvalue weighted by Gasteiger charge is -2.09. The third-order valence-corrected chi connectivity index (χ3v) is 3.99. The Bertz CT molecular complexity index is 239. The lowest BCUT2D eigenvalue weighted by molar-refractivity contribution is 0.0831. The van der Waals surface area contributed by atoms with E-state index in [-0.39, 0.29) is 0 Å². The molecule has 86 valence electrons. The maximum Gasteiger partial charge on any atom is 0.157 e. The van der Waals surface area contributed by atoms with Crippen molar-refractivity contribution in [3.63, 3.8) is 0 Å². The summed E-state index contributed by atoms with van der Waals surface area (Å²) in [6.45, 7) is 6.78. The van der Waals surface area contributed by atoms with Crippen molar-refractivity contribution in [2.45, 2.75) is 38.0 Å². The molecule has 0 aromatic carbocycles. The molecule has 1 atom stereocenters. The van der Waals surface area contributed by atoms with E-state index in [1.165, 1.54) is 12.8 Å². The van der Waals surface area contributed by atoms with Crippen LogP contribution < -0.4 is 5.32 Å². The van der Waals surface area contributed by atoms with Gasteiger partial charge in [0.25, 0.3) is 0 Å². The number of hydrogen-bond acceptors (Lipinski definition) is 4. The summed E-state index contributed by atoms with van der Waals surface area (Å²) in [5, 5.41) is 5.22. The van der Waals surface area contributed by atoms with Crippen LogP contribution >= 0.6 is 11.8 Å². The van der Waals surface area contributed by atoms with E-state index in [1.807, 2.05) is 11.8 Å². The Morgan fingerprint density at radius 1 is 1.53 bits per heavy atom. The monoisotopic (exact) mass is 228 g/mol. The molecule has 0 aromatic heterocycles. The van der Waals surface area contributed by atoms with Crippen LogP contribution in [0, 0.1) is 5.92 Å². The molecular weight excluding hydrogens is 208 g/mol. The summed E-state index contributed by atoms with van der Waals surface area (Å²) in [6, 6.07) is 0. The Morgan fingerprint density at radius 3 is 3.00 bits per heavy atom. The number of rotatable bonds is 5. The van der Waals surface area contributed by atoms with Gasteiger partial charge in [0.05, 0.1) is 19.3 Å². The molecule has 2 aliphatic rings. The van der Waals surface area contributed by atoms with Crippen LogP contribution in [0.15, 0.2) is 4.99 Å². The molecule has 1 fully saturated rings. The zero-order valence-corrected chi connectivity index (χ0v) is 10.3. The van der Waals surface area contributed by atoms with Crippen molar-refractivity contribution in [3.8, 4) is 0 Å². The van der Waals surface area contributed by atoms with Gasteiger partial charge in [-0.05, 0) is 32.6 Å². The molecule has 3 nitrogen and oxygen atoms in total. The predicted molar refractivity (Wildman–Crippen MR) is 65.5 cm³/mol. The third-order valence-electron chi connectivity index (χ3n) is 2.66. The standard InChI is InChI=1S/C11H20N2OS/c1-8(2)14-6-5-12-11-13-7-10(15-11)9-3-4-9/h8-10H,3-7H2,1-2H3,(H,12,13). The van der Waals surface area contributed by atoms with Crippen molar-refractivity contribution in [2.75, 3.05) is 19.7 Å².